The Hall–Kier alpha value is -1.80. The minimum absolute atomic E-state index is 0.154. The highest BCUT2D eigenvalue weighted by atomic mass is 35.5. The molecule has 3 heteroatoms. The van der Waals surface area contributed by atoms with Crippen LogP contribution in [-0.2, 0) is 6.42 Å². The zero-order valence-corrected chi connectivity index (χ0v) is 11.5. The first-order chi connectivity index (χ1) is 9.15. The lowest BCUT2D eigenvalue weighted by atomic mass is 10.1. The summed E-state index contributed by atoms with van der Waals surface area (Å²) in [5.41, 5.74) is 1.90. The highest BCUT2D eigenvalue weighted by Crippen LogP contribution is 2.19. The summed E-state index contributed by atoms with van der Waals surface area (Å²) in [5.74, 6) is 0.195. The molecular formula is C16H16ClNO. The number of phenols is 1. The van der Waals surface area contributed by atoms with Gasteiger partial charge in [0.05, 0.1) is 6.04 Å². The number of hydrogen-bond donors (Lipinski definition) is 1. The van der Waals surface area contributed by atoms with Gasteiger partial charge in [-0.15, -0.1) is 0 Å². The first-order valence-electron chi connectivity index (χ1n) is 6.21. The Kier molecular flexibility index (Phi) is 4.58. The van der Waals surface area contributed by atoms with Gasteiger partial charge >= 0.3 is 0 Å². The third-order valence-electron chi connectivity index (χ3n) is 2.83. The van der Waals surface area contributed by atoms with Gasteiger partial charge in [0.25, 0.3) is 0 Å². The largest absolute Gasteiger partial charge is 0.507 e. The zero-order chi connectivity index (χ0) is 13.7. The number of hydrogen-bond acceptors (Lipinski definition) is 2. The normalized spacial score (nSPS) is 12.7. The Bertz CT molecular complexity index is 566. The minimum atomic E-state index is 0.154. The average Bonchev–Trinajstić information content (AvgIpc) is 2.41. The van der Waals surface area contributed by atoms with Crippen molar-refractivity contribution in [1.82, 2.24) is 0 Å². The molecule has 0 bridgehead atoms. The summed E-state index contributed by atoms with van der Waals surface area (Å²) < 4.78 is 0. The molecule has 2 nitrogen and oxygen atoms in total. The van der Waals surface area contributed by atoms with E-state index in [9.17, 15) is 5.11 Å². The van der Waals surface area contributed by atoms with Crippen molar-refractivity contribution in [2.45, 2.75) is 19.4 Å². The van der Waals surface area contributed by atoms with Crippen LogP contribution in [-0.4, -0.2) is 17.4 Å². The second kappa shape index (κ2) is 6.39. The maximum Gasteiger partial charge on any atom is 0.124 e. The lowest BCUT2D eigenvalue weighted by Gasteiger charge is -2.06. The van der Waals surface area contributed by atoms with Crippen molar-refractivity contribution >= 4 is 17.8 Å². The predicted molar refractivity (Wildman–Crippen MR) is 80.3 cm³/mol. The number of benzene rings is 2. The van der Waals surface area contributed by atoms with Gasteiger partial charge in [-0.25, -0.2) is 0 Å². The van der Waals surface area contributed by atoms with Gasteiger partial charge < -0.3 is 5.11 Å². The molecule has 1 atom stereocenters. The zero-order valence-electron chi connectivity index (χ0n) is 10.8. The van der Waals surface area contributed by atoms with Gasteiger partial charge in [0.15, 0.2) is 0 Å². The van der Waals surface area contributed by atoms with E-state index in [0.717, 1.165) is 6.42 Å². The standard InChI is InChI=1S/C16H16ClNO/c1-12(9-13-5-3-2-4-6-13)18-11-14-10-15(17)7-8-16(14)19/h2-8,10-12,19H,9H2,1H3/t12-/m0/s1. The monoisotopic (exact) mass is 273 g/mol. The first-order valence-corrected chi connectivity index (χ1v) is 6.58. The van der Waals surface area contributed by atoms with Crippen LogP contribution in [0.1, 0.15) is 18.1 Å². The molecule has 2 aromatic carbocycles. The van der Waals surface area contributed by atoms with E-state index in [1.165, 1.54) is 5.56 Å². The Balaban J connectivity index is 2.04. The van der Waals surface area contributed by atoms with E-state index >= 15 is 0 Å². The number of aliphatic imine (C=N–C) groups is 1. The Morgan fingerprint density at radius 3 is 2.68 bits per heavy atom. The van der Waals surface area contributed by atoms with Crippen LogP contribution in [0.25, 0.3) is 0 Å². The fourth-order valence-electron chi connectivity index (χ4n) is 1.84. The summed E-state index contributed by atoms with van der Waals surface area (Å²) in [5, 5.41) is 10.3. The summed E-state index contributed by atoms with van der Waals surface area (Å²) in [6, 6.07) is 15.3. The number of rotatable bonds is 4. The Morgan fingerprint density at radius 1 is 1.21 bits per heavy atom. The number of nitrogens with zero attached hydrogens (tertiary/aromatic N) is 1. The van der Waals surface area contributed by atoms with Crippen LogP contribution < -0.4 is 0 Å². The molecule has 0 spiro atoms. The van der Waals surface area contributed by atoms with Crippen LogP contribution in [0.5, 0.6) is 5.75 Å². The molecule has 0 saturated heterocycles. The first kappa shape index (κ1) is 13.6. The molecule has 0 unspecified atom stereocenters. The summed E-state index contributed by atoms with van der Waals surface area (Å²) in [7, 11) is 0. The van der Waals surface area contributed by atoms with Crippen molar-refractivity contribution in [3.8, 4) is 5.75 Å². The van der Waals surface area contributed by atoms with Crippen LogP contribution in [0, 0.1) is 0 Å². The fourth-order valence-corrected chi connectivity index (χ4v) is 2.02. The highest BCUT2D eigenvalue weighted by Gasteiger charge is 2.02. The molecule has 0 amide bonds. The number of aromatic hydroxyl groups is 1. The number of phenolic OH excluding ortho intramolecular Hbond substituents is 1. The molecule has 0 aromatic heterocycles. The van der Waals surface area contributed by atoms with Crippen molar-refractivity contribution < 1.29 is 5.11 Å². The van der Waals surface area contributed by atoms with Crippen molar-refractivity contribution in [3.05, 3.63) is 64.7 Å². The molecule has 0 aliphatic carbocycles. The third-order valence-corrected chi connectivity index (χ3v) is 3.07. The summed E-state index contributed by atoms with van der Waals surface area (Å²) in [6.45, 7) is 2.05. The molecule has 0 heterocycles. The maximum absolute atomic E-state index is 9.69. The fraction of sp³-hybridized carbons (Fsp3) is 0.188. The highest BCUT2D eigenvalue weighted by molar-refractivity contribution is 6.30. The maximum atomic E-state index is 9.69. The second-order valence-corrected chi connectivity index (χ2v) is 4.96. The van der Waals surface area contributed by atoms with E-state index in [0.29, 0.717) is 10.6 Å². The van der Waals surface area contributed by atoms with Crippen molar-refractivity contribution in [2.24, 2.45) is 4.99 Å². The molecule has 1 N–H and O–H groups in total. The molecule has 19 heavy (non-hydrogen) atoms. The van der Waals surface area contributed by atoms with E-state index in [-0.39, 0.29) is 11.8 Å². The van der Waals surface area contributed by atoms with Crippen LogP contribution in [0.15, 0.2) is 53.5 Å². The lowest BCUT2D eigenvalue weighted by Crippen LogP contribution is -2.03. The molecule has 0 aliphatic rings. The lowest BCUT2D eigenvalue weighted by molar-refractivity contribution is 0.474. The smallest absolute Gasteiger partial charge is 0.124 e. The molecule has 0 radical (unpaired) electrons. The SMILES string of the molecule is C[C@@H](Cc1ccccc1)N=Cc1cc(Cl)ccc1O. The number of halogens is 1. The second-order valence-electron chi connectivity index (χ2n) is 4.52. The topological polar surface area (TPSA) is 32.6 Å². The molecule has 2 rings (SSSR count). The summed E-state index contributed by atoms with van der Waals surface area (Å²) in [6.07, 6.45) is 2.55. The van der Waals surface area contributed by atoms with Crippen LogP contribution in [0.2, 0.25) is 5.02 Å². The van der Waals surface area contributed by atoms with Gasteiger partial charge in [0, 0.05) is 16.8 Å². The van der Waals surface area contributed by atoms with Gasteiger partial charge in [0.2, 0.25) is 0 Å². The quantitative estimate of drug-likeness (QED) is 0.836. The minimum Gasteiger partial charge on any atom is -0.507 e. The molecular weight excluding hydrogens is 258 g/mol. The summed E-state index contributed by atoms with van der Waals surface area (Å²) in [4.78, 5) is 4.45. The van der Waals surface area contributed by atoms with Gasteiger partial charge in [-0.1, -0.05) is 41.9 Å². The van der Waals surface area contributed by atoms with E-state index in [1.807, 2.05) is 25.1 Å². The van der Waals surface area contributed by atoms with Gasteiger partial charge in [0.1, 0.15) is 5.75 Å². The van der Waals surface area contributed by atoms with E-state index in [1.54, 1.807) is 24.4 Å². The molecule has 0 fully saturated rings. The summed E-state index contributed by atoms with van der Waals surface area (Å²) >= 11 is 5.89. The van der Waals surface area contributed by atoms with Gasteiger partial charge in [-0.2, -0.15) is 0 Å². The van der Waals surface area contributed by atoms with Crippen LogP contribution in [0.4, 0.5) is 0 Å². The third kappa shape index (κ3) is 4.11. The van der Waals surface area contributed by atoms with Crippen molar-refractivity contribution in [1.29, 1.82) is 0 Å². The molecule has 2 aromatic rings. The molecule has 0 aliphatic heterocycles. The van der Waals surface area contributed by atoms with E-state index < -0.39 is 0 Å². The predicted octanol–water partition coefficient (Wildman–Crippen LogP) is 4.10. The Labute approximate surface area is 118 Å². The van der Waals surface area contributed by atoms with E-state index in [4.69, 9.17) is 11.6 Å². The van der Waals surface area contributed by atoms with Crippen molar-refractivity contribution in [2.75, 3.05) is 0 Å². The average molecular weight is 274 g/mol. The van der Waals surface area contributed by atoms with Gasteiger partial charge in [-0.05, 0) is 37.1 Å². The van der Waals surface area contributed by atoms with Crippen LogP contribution in [0.3, 0.4) is 0 Å². The van der Waals surface area contributed by atoms with Gasteiger partial charge in [-0.3, -0.25) is 4.99 Å². The van der Waals surface area contributed by atoms with Crippen LogP contribution >= 0.6 is 11.6 Å². The van der Waals surface area contributed by atoms with E-state index in [2.05, 4.69) is 17.1 Å². The van der Waals surface area contributed by atoms with Crippen molar-refractivity contribution in [3.63, 3.8) is 0 Å². The Morgan fingerprint density at radius 2 is 1.95 bits per heavy atom. The molecule has 0 saturated carbocycles. The molecule has 98 valence electrons.